The Labute approximate surface area is 122 Å². The fraction of sp³-hybridized carbons (Fsp3) is 0.176. The number of carbonyl (C=O) groups is 1. The zero-order valence-electron chi connectivity index (χ0n) is 11.5. The van der Waals surface area contributed by atoms with Crippen LogP contribution in [0.1, 0.15) is 33.2 Å². The smallest absolute Gasteiger partial charge is 0.340 e. The molecule has 1 unspecified atom stereocenters. The van der Waals surface area contributed by atoms with Crippen LogP contribution in [-0.4, -0.2) is 5.97 Å². The molecule has 2 aromatic rings. The lowest BCUT2D eigenvalue weighted by Crippen LogP contribution is -2.00. The van der Waals surface area contributed by atoms with E-state index in [9.17, 15) is 4.79 Å². The summed E-state index contributed by atoms with van der Waals surface area (Å²) in [7, 11) is 0. The summed E-state index contributed by atoms with van der Waals surface area (Å²) in [6.07, 6.45) is -0.841. The largest absolute Gasteiger partial charge is 0.489 e. The van der Waals surface area contributed by atoms with Gasteiger partial charge in [-0.15, -0.1) is 0 Å². The number of esters is 1. The molecular formula is C17H13NO3. The number of hydrogen-bond acceptors (Lipinski definition) is 4. The minimum atomic E-state index is -0.841. The minimum absolute atomic E-state index is 0.436. The Bertz CT molecular complexity index is 732. The van der Waals surface area contributed by atoms with Crippen molar-refractivity contribution in [1.29, 1.82) is 5.26 Å². The Balaban J connectivity index is 1.87. The Morgan fingerprint density at radius 3 is 2.76 bits per heavy atom. The van der Waals surface area contributed by atoms with Crippen LogP contribution in [0.4, 0.5) is 0 Å². The van der Waals surface area contributed by atoms with Gasteiger partial charge in [-0.25, -0.2) is 4.79 Å². The molecule has 1 aliphatic heterocycles. The summed E-state index contributed by atoms with van der Waals surface area (Å²) >= 11 is 0. The number of carbonyl (C=O) groups excluding carboxylic acids is 1. The Morgan fingerprint density at radius 1 is 1.29 bits per heavy atom. The molecule has 0 spiro atoms. The van der Waals surface area contributed by atoms with Gasteiger partial charge < -0.3 is 9.47 Å². The van der Waals surface area contributed by atoms with Gasteiger partial charge in [-0.05, 0) is 30.2 Å². The van der Waals surface area contributed by atoms with Crippen molar-refractivity contribution in [3.8, 4) is 11.8 Å². The topological polar surface area (TPSA) is 59.3 Å². The average Bonchev–Trinajstić information content (AvgIpc) is 2.83. The Morgan fingerprint density at radius 2 is 2.05 bits per heavy atom. The lowest BCUT2D eigenvalue weighted by atomic mass is 10.0. The Hall–Kier alpha value is -2.80. The minimum Gasteiger partial charge on any atom is -0.489 e. The molecule has 1 heterocycles. The fourth-order valence-corrected chi connectivity index (χ4v) is 2.42. The van der Waals surface area contributed by atoms with Crippen LogP contribution < -0.4 is 4.74 Å². The number of fused-ring (bicyclic) bond motifs is 1. The zero-order chi connectivity index (χ0) is 14.8. The molecular weight excluding hydrogens is 266 g/mol. The van der Waals surface area contributed by atoms with Gasteiger partial charge in [0.25, 0.3) is 0 Å². The third-order valence-electron chi connectivity index (χ3n) is 3.42. The second kappa shape index (κ2) is 5.29. The van der Waals surface area contributed by atoms with Gasteiger partial charge >= 0.3 is 5.97 Å². The van der Waals surface area contributed by atoms with Gasteiger partial charge in [-0.2, -0.15) is 5.26 Å². The van der Waals surface area contributed by atoms with Crippen molar-refractivity contribution in [2.24, 2.45) is 0 Å². The highest BCUT2D eigenvalue weighted by Crippen LogP contribution is 2.35. The highest BCUT2D eigenvalue weighted by atomic mass is 16.5. The summed E-state index contributed by atoms with van der Waals surface area (Å²) in [5.41, 5.74) is 2.89. The van der Waals surface area contributed by atoms with Gasteiger partial charge in [0.15, 0.2) is 0 Å². The number of cyclic esters (lactones) is 1. The van der Waals surface area contributed by atoms with E-state index in [1.54, 1.807) is 12.1 Å². The summed E-state index contributed by atoms with van der Waals surface area (Å²) in [6.45, 7) is 2.25. The normalized spacial score (nSPS) is 16.0. The average molecular weight is 279 g/mol. The second-order valence-electron chi connectivity index (χ2n) is 4.89. The van der Waals surface area contributed by atoms with Gasteiger partial charge in [0.1, 0.15) is 18.4 Å². The first kappa shape index (κ1) is 13.2. The SMILES string of the molecule is Cc1cc(OCc2ccccc2)cc2c1C(=O)OC2C#N. The highest BCUT2D eigenvalue weighted by Gasteiger charge is 2.33. The van der Waals surface area contributed by atoms with Crippen LogP contribution in [0.5, 0.6) is 5.75 Å². The highest BCUT2D eigenvalue weighted by molar-refractivity contribution is 5.96. The molecule has 4 nitrogen and oxygen atoms in total. The maximum Gasteiger partial charge on any atom is 0.340 e. The first-order valence-corrected chi connectivity index (χ1v) is 6.61. The van der Waals surface area contributed by atoms with Crippen LogP contribution in [-0.2, 0) is 11.3 Å². The van der Waals surface area contributed by atoms with E-state index in [4.69, 9.17) is 14.7 Å². The van der Waals surface area contributed by atoms with Crippen LogP contribution in [0, 0.1) is 18.3 Å². The van der Waals surface area contributed by atoms with Crippen molar-refractivity contribution < 1.29 is 14.3 Å². The molecule has 104 valence electrons. The molecule has 1 atom stereocenters. The van der Waals surface area contributed by atoms with Crippen LogP contribution >= 0.6 is 0 Å². The van der Waals surface area contributed by atoms with Crippen molar-refractivity contribution in [1.82, 2.24) is 0 Å². The van der Waals surface area contributed by atoms with Crippen molar-refractivity contribution in [2.75, 3.05) is 0 Å². The standard InChI is InChI=1S/C17H13NO3/c1-11-7-13(20-10-12-5-3-2-4-6-12)8-14-15(9-18)21-17(19)16(11)14/h2-8,15H,10H2,1H3. The summed E-state index contributed by atoms with van der Waals surface area (Å²) in [5, 5.41) is 9.05. The van der Waals surface area contributed by atoms with E-state index in [1.165, 1.54) is 0 Å². The van der Waals surface area contributed by atoms with E-state index in [-0.39, 0.29) is 0 Å². The third kappa shape index (κ3) is 2.46. The first-order valence-electron chi connectivity index (χ1n) is 6.61. The molecule has 0 radical (unpaired) electrons. The van der Waals surface area contributed by atoms with Crippen LogP contribution in [0.2, 0.25) is 0 Å². The molecule has 0 aromatic heterocycles. The molecule has 0 amide bonds. The number of ether oxygens (including phenoxy) is 2. The molecule has 21 heavy (non-hydrogen) atoms. The van der Waals surface area contributed by atoms with Crippen molar-refractivity contribution in [2.45, 2.75) is 19.6 Å². The third-order valence-corrected chi connectivity index (χ3v) is 3.42. The first-order chi connectivity index (χ1) is 10.2. The second-order valence-corrected chi connectivity index (χ2v) is 4.89. The zero-order valence-corrected chi connectivity index (χ0v) is 11.5. The molecule has 0 bridgehead atoms. The van der Waals surface area contributed by atoms with Gasteiger partial charge in [-0.1, -0.05) is 30.3 Å². The van der Waals surface area contributed by atoms with E-state index < -0.39 is 12.1 Å². The van der Waals surface area contributed by atoms with Crippen molar-refractivity contribution >= 4 is 5.97 Å². The predicted molar refractivity (Wildman–Crippen MR) is 75.7 cm³/mol. The molecule has 0 saturated heterocycles. The number of benzene rings is 2. The number of hydrogen-bond donors (Lipinski definition) is 0. The maximum absolute atomic E-state index is 11.7. The maximum atomic E-state index is 11.7. The Kier molecular flexibility index (Phi) is 3.33. The van der Waals surface area contributed by atoms with E-state index in [0.717, 1.165) is 11.1 Å². The molecule has 2 aromatic carbocycles. The lowest BCUT2D eigenvalue weighted by Gasteiger charge is -2.09. The van der Waals surface area contributed by atoms with Gasteiger partial charge in [-0.3, -0.25) is 0 Å². The number of rotatable bonds is 3. The van der Waals surface area contributed by atoms with E-state index in [2.05, 4.69) is 0 Å². The lowest BCUT2D eigenvalue weighted by molar-refractivity contribution is 0.0477. The molecule has 0 aliphatic carbocycles. The monoisotopic (exact) mass is 279 g/mol. The summed E-state index contributed by atoms with van der Waals surface area (Å²) in [6, 6.07) is 15.3. The van der Waals surface area contributed by atoms with Crippen LogP contribution in [0.3, 0.4) is 0 Å². The summed E-state index contributed by atoms with van der Waals surface area (Å²) in [5.74, 6) is 0.192. The quantitative estimate of drug-likeness (QED) is 0.809. The van der Waals surface area contributed by atoms with E-state index in [0.29, 0.717) is 23.5 Å². The van der Waals surface area contributed by atoms with Gasteiger partial charge in [0.2, 0.25) is 6.10 Å². The molecule has 0 fully saturated rings. The molecule has 0 saturated carbocycles. The van der Waals surface area contributed by atoms with Gasteiger partial charge in [0.05, 0.1) is 5.56 Å². The predicted octanol–water partition coefficient (Wildman–Crippen LogP) is 3.31. The number of aryl methyl sites for hydroxylation is 1. The molecule has 0 N–H and O–H groups in total. The molecule has 1 aliphatic rings. The van der Waals surface area contributed by atoms with Crippen LogP contribution in [0.25, 0.3) is 0 Å². The van der Waals surface area contributed by atoms with Crippen LogP contribution in [0.15, 0.2) is 42.5 Å². The van der Waals surface area contributed by atoms with Crippen molar-refractivity contribution in [3.05, 3.63) is 64.7 Å². The number of nitrogens with zero attached hydrogens (tertiary/aromatic N) is 1. The van der Waals surface area contributed by atoms with Crippen molar-refractivity contribution in [3.63, 3.8) is 0 Å². The van der Waals surface area contributed by atoms with E-state index >= 15 is 0 Å². The van der Waals surface area contributed by atoms with Gasteiger partial charge in [0, 0.05) is 5.56 Å². The van der Waals surface area contributed by atoms with E-state index in [1.807, 2.05) is 43.3 Å². The molecule has 3 rings (SSSR count). The summed E-state index contributed by atoms with van der Waals surface area (Å²) in [4.78, 5) is 11.7. The fourth-order valence-electron chi connectivity index (χ4n) is 2.42. The number of nitriles is 1. The summed E-state index contributed by atoms with van der Waals surface area (Å²) < 4.78 is 10.8. The molecule has 4 heteroatoms.